The van der Waals surface area contributed by atoms with Crippen LogP contribution in [0.15, 0.2) is 46.0 Å². The molecule has 2 amide bonds. The molecule has 0 aliphatic carbocycles. The van der Waals surface area contributed by atoms with Crippen LogP contribution in [0.5, 0.6) is 11.5 Å². The van der Waals surface area contributed by atoms with Crippen LogP contribution in [-0.2, 0) is 14.3 Å². The number of nitrogens with one attached hydrogen (secondary N) is 1. The molecule has 0 radical (unpaired) electrons. The van der Waals surface area contributed by atoms with Gasteiger partial charge in [0, 0.05) is 26.2 Å². The summed E-state index contributed by atoms with van der Waals surface area (Å²) >= 11 is 0. The summed E-state index contributed by atoms with van der Waals surface area (Å²) in [6, 6.07) is 7.04. The van der Waals surface area contributed by atoms with Crippen molar-refractivity contribution in [2.24, 2.45) is 10.9 Å². The zero-order valence-corrected chi connectivity index (χ0v) is 19.6. The van der Waals surface area contributed by atoms with E-state index in [1.807, 2.05) is 4.90 Å². The van der Waals surface area contributed by atoms with E-state index >= 15 is 0 Å². The first kappa shape index (κ1) is 24.1. The van der Waals surface area contributed by atoms with Crippen LogP contribution in [0, 0.1) is 5.92 Å². The number of rotatable bonds is 6. The molecule has 2 aliphatic rings. The minimum atomic E-state index is -1.19. The lowest BCUT2D eigenvalue weighted by atomic mass is 9.91. The maximum atomic E-state index is 13.1. The van der Waals surface area contributed by atoms with E-state index in [4.69, 9.17) is 18.9 Å². The number of nitrogens with zero attached hydrogens (tertiary/aromatic N) is 3. The smallest absolute Gasteiger partial charge is 0.321 e. The molecule has 2 atom stereocenters. The number of carbonyl (C=O) groups is 3. The van der Waals surface area contributed by atoms with Gasteiger partial charge in [-0.25, -0.2) is 4.99 Å². The second-order valence-electron chi connectivity index (χ2n) is 8.03. The number of benzene rings is 1. The summed E-state index contributed by atoms with van der Waals surface area (Å²) in [7, 11) is 0. The molecule has 35 heavy (non-hydrogen) atoms. The minimum absolute atomic E-state index is 0.0508. The third-order valence-corrected chi connectivity index (χ3v) is 5.86. The normalized spacial score (nSPS) is 20.2. The predicted octanol–water partition coefficient (Wildman–Crippen LogP) is 1.55. The standard InChI is InChI=1S/C24H28N4O7/c1-3-33-18-14-15(7-8-16(18)29)20-19(23(32)34-4-2)21(30)26-24(25-20)28-11-9-27(10-12-28)22(31)17-6-5-13-35-17/h5-8,13-14,19-20,29H,3-4,9-12H2,1-2H3,(H,25,26,30)/t19-,20-/m1/s1. The van der Waals surface area contributed by atoms with Gasteiger partial charge in [0.1, 0.15) is 6.04 Å². The molecule has 2 aliphatic heterocycles. The second-order valence-corrected chi connectivity index (χ2v) is 8.03. The van der Waals surface area contributed by atoms with Gasteiger partial charge < -0.3 is 28.8 Å². The van der Waals surface area contributed by atoms with Gasteiger partial charge in [0.15, 0.2) is 23.2 Å². The molecule has 3 heterocycles. The first-order chi connectivity index (χ1) is 16.9. The molecule has 0 bridgehead atoms. The first-order valence-corrected chi connectivity index (χ1v) is 11.5. The number of phenols is 1. The monoisotopic (exact) mass is 484 g/mol. The Balaban J connectivity index is 1.58. The van der Waals surface area contributed by atoms with E-state index in [0.29, 0.717) is 44.3 Å². The number of hydrogen-bond donors (Lipinski definition) is 2. The molecule has 11 nitrogen and oxygen atoms in total. The van der Waals surface area contributed by atoms with E-state index < -0.39 is 23.8 Å². The molecule has 0 unspecified atom stereocenters. The largest absolute Gasteiger partial charge is 0.504 e. The Bertz CT molecular complexity index is 1110. The van der Waals surface area contributed by atoms with Crippen LogP contribution in [0.4, 0.5) is 0 Å². The molecular formula is C24H28N4O7. The molecule has 2 N–H and O–H groups in total. The van der Waals surface area contributed by atoms with Gasteiger partial charge in [0.2, 0.25) is 11.9 Å². The van der Waals surface area contributed by atoms with Crippen molar-refractivity contribution < 1.29 is 33.4 Å². The van der Waals surface area contributed by atoms with Crippen molar-refractivity contribution in [1.29, 1.82) is 0 Å². The molecule has 4 rings (SSSR count). The fraction of sp³-hybridized carbons (Fsp3) is 0.417. The molecular weight excluding hydrogens is 456 g/mol. The Morgan fingerprint density at radius 1 is 1.17 bits per heavy atom. The highest BCUT2D eigenvalue weighted by molar-refractivity contribution is 6.08. The average Bonchev–Trinajstić information content (AvgIpc) is 3.40. The van der Waals surface area contributed by atoms with Crippen LogP contribution in [0.2, 0.25) is 0 Å². The topological polar surface area (TPSA) is 134 Å². The van der Waals surface area contributed by atoms with Gasteiger partial charge in [-0.3, -0.25) is 19.7 Å². The number of furan rings is 1. The van der Waals surface area contributed by atoms with Gasteiger partial charge in [0.25, 0.3) is 5.91 Å². The van der Waals surface area contributed by atoms with E-state index in [0.717, 1.165) is 0 Å². The SMILES string of the molecule is CCOC(=O)[C@H]1C(=O)NC(N2CCN(C(=O)c3ccco3)CC2)=N[C@@H]1c1ccc(O)c(OCC)c1. The summed E-state index contributed by atoms with van der Waals surface area (Å²) in [6.07, 6.45) is 1.45. The molecule has 2 aromatic rings. The highest BCUT2D eigenvalue weighted by Gasteiger charge is 2.42. The van der Waals surface area contributed by atoms with Crippen LogP contribution < -0.4 is 10.1 Å². The summed E-state index contributed by atoms with van der Waals surface area (Å²) in [4.78, 5) is 46.6. The average molecular weight is 485 g/mol. The molecule has 0 spiro atoms. The van der Waals surface area contributed by atoms with Crippen LogP contribution in [-0.4, -0.2) is 78.0 Å². The summed E-state index contributed by atoms with van der Waals surface area (Å²) in [6.45, 7) is 5.59. The summed E-state index contributed by atoms with van der Waals surface area (Å²) in [5.74, 6) is -1.83. The van der Waals surface area contributed by atoms with Gasteiger partial charge in [-0.2, -0.15) is 0 Å². The third kappa shape index (κ3) is 5.08. The van der Waals surface area contributed by atoms with Gasteiger partial charge in [-0.1, -0.05) is 6.07 Å². The second kappa shape index (κ2) is 10.5. The van der Waals surface area contributed by atoms with Crippen molar-refractivity contribution in [1.82, 2.24) is 15.1 Å². The van der Waals surface area contributed by atoms with Gasteiger partial charge in [-0.05, 0) is 43.7 Å². The highest BCUT2D eigenvalue weighted by Crippen LogP contribution is 2.36. The lowest BCUT2D eigenvalue weighted by molar-refractivity contribution is -0.153. The Kier molecular flexibility index (Phi) is 7.23. The molecule has 1 fully saturated rings. The predicted molar refractivity (Wildman–Crippen MR) is 124 cm³/mol. The number of amides is 2. The Morgan fingerprint density at radius 2 is 1.94 bits per heavy atom. The zero-order valence-electron chi connectivity index (χ0n) is 19.6. The van der Waals surface area contributed by atoms with Crippen molar-refractivity contribution in [3.05, 3.63) is 47.9 Å². The number of phenolic OH excluding ortho intramolecular Hbond substituents is 1. The highest BCUT2D eigenvalue weighted by atomic mass is 16.5. The fourth-order valence-electron chi connectivity index (χ4n) is 4.13. The quantitative estimate of drug-likeness (QED) is 0.466. The van der Waals surface area contributed by atoms with Gasteiger partial charge in [-0.15, -0.1) is 0 Å². The summed E-state index contributed by atoms with van der Waals surface area (Å²) < 4.78 is 15.8. The number of aromatic hydroxyl groups is 1. The lowest BCUT2D eigenvalue weighted by Gasteiger charge is -2.38. The molecule has 186 valence electrons. The van der Waals surface area contributed by atoms with Crippen molar-refractivity contribution in [3.8, 4) is 11.5 Å². The zero-order chi connectivity index (χ0) is 24.9. The van der Waals surface area contributed by atoms with Crippen LogP contribution >= 0.6 is 0 Å². The first-order valence-electron chi connectivity index (χ1n) is 11.5. The van der Waals surface area contributed by atoms with Crippen molar-refractivity contribution in [2.75, 3.05) is 39.4 Å². The number of piperazine rings is 1. The number of esters is 1. The van der Waals surface area contributed by atoms with E-state index in [-0.39, 0.29) is 29.8 Å². The Hall–Kier alpha value is -4.02. The number of carbonyl (C=O) groups excluding carboxylic acids is 3. The number of guanidine groups is 1. The van der Waals surface area contributed by atoms with Gasteiger partial charge in [0.05, 0.1) is 19.5 Å². The number of hydrogen-bond acceptors (Lipinski definition) is 9. The van der Waals surface area contributed by atoms with Crippen molar-refractivity contribution >= 4 is 23.7 Å². The third-order valence-electron chi connectivity index (χ3n) is 5.86. The number of aliphatic imine (C=N–C) groups is 1. The summed E-state index contributed by atoms with van der Waals surface area (Å²) in [5, 5.41) is 12.8. The number of ether oxygens (including phenoxy) is 2. The van der Waals surface area contributed by atoms with Crippen molar-refractivity contribution in [2.45, 2.75) is 19.9 Å². The molecule has 1 aromatic carbocycles. The molecule has 0 saturated carbocycles. The van der Waals surface area contributed by atoms with Gasteiger partial charge >= 0.3 is 5.97 Å². The molecule has 1 saturated heterocycles. The van der Waals surface area contributed by atoms with E-state index in [2.05, 4.69) is 5.32 Å². The summed E-state index contributed by atoms with van der Waals surface area (Å²) in [5.41, 5.74) is 0.531. The lowest BCUT2D eigenvalue weighted by Crippen LogP contribution is -2.58. The van der Waals surface area contributed by atoms with Crippen LogP contribution in [0.3, 0.4) is 0 Å². The maximum Gasteiger partial charge on any atom is 0.321 e. The minimum Gasteiger partial charge on any atom is -0.504 e. The fourth-order valence-corrected chi connectivity index (χ4v) is 4.13. The van der Waals surface area contributed by atoms with Crippen LogP contribution in [0.25, 0.3) is 0 Å². The van der Waals surface area contributed by atoms with E-state index in [9.17, 15) is 19.5 Å². The molecule has 11 heteroatoms. The Morgan fingerprint density at radius 3 is 2.60 bits per heavy atom. The molecule has 1 aromatic heterocycles. The van der Waals surface area contributed by atoms with Crippen LogP contribution in [0.1, 0.15) is 36.0 Å². The van der Waals surface area contributed by atoms with E-state index in [1.54, 1.807) is 43.0 Å². The maximum absolute atomic E-state index is 13.1. The van der Waals surface area contributed by atoms with Crippen molar-refractivity contribution in [3.63, 3.8) is 0 Å². The Labute approximate surface area is 202 Å². The van der Waals surface area contributed by atoms with E-state index in [1.165, 1.54) is 12.3 Å².